The van der Waals surface area contributed by atoms with Gasteiger partial charge in [-0.25, -0.2) is 0 Å². The molecule has 0 fully saturated rings. The second-order valence-corrected chi connectivity index (χ2v) is 5.39. The van der Waals surface area contributed by atoms with E-state index in [9.17, 15) is 0 Å². The molecule has 0 bridgehead atoms. The molecule has 0 aliphatic heterocycles. The van der Waals surface area contributed by atoms with Gasteiger partial charge in [0.2, 0.25) is 0 Å². The predicted molar refractivity (Wildman–Crippen MR) is 77.6 cm³/mol. The maximum absolute atomic E-state index is 6.18. The van der Waals surface area contributed by atoms with Crippen LogP contribution in [-0.4, -0.2) is 9.78 Å². The van der Waals surface area contributed by atoms with Crippen LogP contribution in [0.15, 0.2) is 36.5 Å². The van der Waals surface area contributed by atoms with Gasteiger partial charge in [0.1, 0.15) is 0 Å². The standard InChI is InChI=1S/C13H16IN3/c1-17-12(8-9-16-17)6-7-13(15)10-2-4-11(14)5-3-10/h2-5,8-9,13H,6-7,15H2,1H3. The minimum atomic E-state index is 0.0990. The number of hydrogen-bond donors (Lipinski definition) is 1. The summed E-state index contributed by atoms with van der Waals surface area (Å²) in [7, 11) is 1.96. The van der Waals surface area contributed by atoms with Gasteiger partial charge >= 0.3 is 0 Å². The molecule has 0 saturated heterocycles. The number of rotatable bonds is 4. The minimum Gasteiger partial charge on any atom is -0.324 e. The Balaban J connectivity index is 1.95. The molecule has 1 aromatic carbocycles. The molecule has 3 nitrogen and oxygen atoms in total. The molecule has 0 spiro atoms. The molecule has 1 unspecified atom stereocenters. The molecule has 2 aromatic rings. The zero-order chi connectivity index (χ0) is 12.3. The normalized spacial score (nSPS) is 12.6. The third-order valence-electron chi connectivity index (χ3n) is 2.93. The van der Waals surface area contributed by atoms with Crippen LogP contribution in [-0.2, 0) is 13.5 Å². The smallest absolute Gasteiger partial charge is 0.0492 e. The van der Waals surface area contributed by atoms with E-state index in [1.54, 1.807) is 0 Å². The average Bonchev–Trinajstić information content (AvgIpc) is 2.73. The zero-order valence-corrected chi connectivity index (χ0v) is 12.0. The Morgan fingerprint density at radius 1 is 1.29 bits per heavy atom. The third-order valence-corrected chi connectivity index (χ3v) is 3.65. The van der Waals surface area contributed by atoms with Crippen molar-refractivity contribution < 1.29 is 0 Å². The first kappa shape index (κ1) is 12.6. The molecule has 1 aromatic heterocycles. The Morgan fingerprint density at radius 2 is 2.00 bits per heavy atom. The fourth-order valence-electron chi connectivity index (χ4n) is 1.83. The van der Waals surface area contributed by atoms with Gasteiger partial charge in [-0.05, 0) is 59.2 Å². The minimum absolute atomic E-state index is 0.0990. The summed E-state index contributed by atoms with van der Waals surface area (Å²) in [6.07, 6.45) is 3.73. The van der Waals surface area contributed by atoms with E-state index < -0.39 is 0 Å². The van der Waals surface area contributed by atoms with Crippen LogP contribution in [0.5, 0.6) is 0 Å². The van der Waals surface area contributed by atoms with Crippen LogP contribution in [0, 0.1) is 3.57 Å². The van der Waals surface area contributed by atoms with Crippen molar-refractivity contribution in [2.24, 2.45) is 12.8 Å². The fourth-order valence-corrected chi connectivity index (χ4v) is 2.19. The molecule has 0 amide bonds. The molecule has 90 valence electrons. The van der Waals surface area contributed by atoms with Gasteiger partial charge in [0.05, 0.1) is 0 Å². The Kier molecular flexibility index (Phi) is 4.17. The van der Waals surface area contributed by atoms with Crippen molar-refractivity contribution in [3.05, 3.63) is 51.4 Å². The van der Waals surface area contributed by atoms with Crippen LogP contribution in [0.2, 0.25) is 0 Å². The van der Waals surface area contributed by atoms with Gasteiger partial charge in [-0.15, -0.1) is 0 Å². The Labute approximate surface area is 115 Å². The van der Waals surface area contributed by atoms with Crippen molar-refractivity contribution in [3.8, 4) is 0 Å². The number of hydrogen-bond acceptors (Lipinski definition) is 2. The molecular formula is C13H16IN3. The lowest BCUT2D eigenvalue weighted by Crippen LogP contribution is -2.12. The van der Waals surface area contributed by atoms with Crippen molar-refractivity contribution >= 4 is 22.6 Å². The molecule has 2 rings (SSSR count). The molecule has 17 heavy (non-hydrogen) atoms. The lowest BCUT2D eigenvalue weighted by atomic mass is 10.0. The first-order valence-electron chi connectivity index (χ1n) is 5.65. The number of benzene rings is 1. The highest BCUT2D eigenvalue weighted by Gasteiger charge is 2.07. The van der Waals surface area contributed by atoms with E-state index in [4.69, 9.17) is 5.73 Å². The molecule has 0 saturated carbocycles. The summed E-state index contributed by atoms with van der Waals surface area (Å²) in [4.78, 5) is 0. The van der Waals surface area contributed by atoms with Crippen molar-refractivity contribution in [1.29, 1.82) is 0 Å². The second kappa shape index (κ2) is 5.64. The number of nitrogens with two attached hydrogens (primary N) is 1. The summed E-state index contributed by atoms with van der Waals surface area (Å²) < 4.78 is 3.14. The molecule has 0 radical (unpaired) electrons. The van der Waals surface area contributed by atoms with Crippen LogP contribution >= 0.6 is 22.6 Å². The number of nitrogens with zero attached hydrogens (tertiary/aromatic N) is 2. The van der Waals surface area contributed by atoms with Crippen LogP contribution in [0.4, 0.5) is 0 Å². The summed E-state index contributed by atoms with van der Waals surface area (Å²) in [5.41, 5.74) is 8.61. The Bertz CT molecular complexity index is 476. The zero-order valence-electron chi connectivity index (χ0n) is 9.81. The largest absolute Gasteiger partial charge is 0.324 e. The molecular weight excluding hydrogens is 325 g/mol. The summed E-state index contributed by atoms with van der Waals surface area (Å²) >= 11 is 2.30. The van der Waals surface area contributed by atoms with Crippen LogP contribution in [0.1, 0.15) is 23.7 Å². The molecule has 0 aliphatic carbocycles. The number of aromatic nitrogens is 2. The van der Waals surface area contributed by atoms with Gasteiger partial charge < -0.3 is 5.73 Å². The van der Waals surface area contributed by atoms with Crippen molar-refractivity contribution in [2.45, 2.75) is 18.9 Å². The van der Waals surface area contributed by atoms with Gasteiger partial charge in [-0.1, -0.05) is 12.1 Å². The first-order chi connectivity index (χ1) is 8.16. The summed E-state index contributed by atoms with van der Waals surface area (Å²) in [6, 6.07) is 10.5. The van der Waals surface area contributed by atoms with Gasteiger partial charge in [-0.3, -0.25) is 4.68 Å². The topological polar surface area (TPSA) is 43.8 Å². The van der Waals surface area contributed by atoms with E-state index in [1.807, 2.05) is 24.0 Å². The maximum atomic E-state index is 6.18. The van der Waals surface area contributed by atoms with Crippen LogP contribution in [0.3, 0.4) is 0 Å². The van der Waals surface area contributed by atoms with Crippen molar-refractivity contribution in [1.82, 2.24) is 9.78 Å². The summed E-state index contributed by atoms with van der Waals surface area (Å²) in [5, 5.41) is 4.15. The van der Waals surface area contributed by atoms with E-state index in [2.05, 4.69) is 52.0 Å². The van der Waals surface area contributed by atoms with Crippen molar-refractivity contribution in [2.75, 3.05) is 0 Å². The number of halogens is 1. The predicted octanol–water partition coefficient (Wildman–Crippen LogP) is 2.66. The lowest BCUT2D eigenvalue weighted by Gasteiger charge is -2.12. The maximum Gasteiger partial charge on any atom is 0.0492 e. The van der Waals surface area contributed by atoms with E-state index in [-0.39, 0.29) is 6.04 Å². The van der Waals surface area contributed by atoms with E-state index >= 15 is 0 Å². The second-order valence-electron chi connectivity index (χ2n) is 4.14. The monoisotopic (exact) mass is 341 g/mol. The first-order valence-corrected chi connectivity index (χ1v) is 6.72. The molecule has 4 heteroatoms. The van der Waals surface area contributed by atoms with Gasteiger partial charge in [0, 0.05) is 28.6 Å². The summed E-state index contributed by atoms with van der Waals surface area (Å²) in [6.45, 7) is 0. The SMILES string of the molecule is Cn1nccc1CCC(N)c1ccc(I)cc1. The van der Waals surface area contributed by atoms with Gasteiger partial charge in [0.15, 0.2) is 0 Å². The highest BCUT2D eigenvalue weighted by Crippen LogP contribution is 2.17. The fraction of sp³-hybridized carbons (Fsp3) is 0.308. The highest BCUT2D eigenvalue weighted by molar-refractivity contribution is 14.1. The Hall–Kier alpha value is -0.880. The molecule has 1 heterocycles. The van der Waals surface area contributed by atoms with Crippen molar-refractivity contribution in [3.63, 3.8) is 0 Å². The molecule has 2 N–H and O–H groups in total. The highest BCUT2D eigenvalue weighted by atomic mass is 127. The molecule has 0 aliphatic rings. The average molecular weight is 341 g/mol. The van der Waals surface area contributed by atoms with Gasteiger partial charge in [-0.2, -0.15) is 5.10 Å². The number of aryl methyl sites for hydroxylation is 2. The van der Waals surface area contributed by atoms with E-state index in [0.717, 1.165) is 12.8 Å². The van der Waals surface area contributed by atoms with Crippen LogP contribution < -0.4 is 5.73 Å². The van der Waals surface area contributed by atoms with Crippen LogP contribution in [0.25, 0.3) is 0 Å². The molecule has 1 atom stereocenters. The quantitative estimate of drug-likeness (QED) is 0.869. The van der Waals surface area contributed by atoms with E-state index in [0.29, 0.717) is 0 Å². The lowest BCUT2D eigenvalue weighted by molar-refractivity contribution is 0.614. The Morgan fingerprint density at radius 3 is 2.59 bits per heavy atom. The van der Waals surface area contributed by atoms with Gasteiger partial charge in [0.25, 0.3) is 0 Å². The summed E-state index contributed by atoms with van der Waals surface area (Å²) in [5.74, 6) is 0. The van der Waals surface area contributed by atoms with E-state index in [1.165, 1.54) is 14.8 Å². The third kappa shape index (κ3) is 3.29.